The number of hydrogen-bond donors (Lipinski definition) is 0. The van der Waals surface area contributed by atoms with Crippen molar-refractivity contribution in [1.82, 2.24) is 19.5 Å². The van der Waals surface area contributed by atoms with Gasteiger partial charge in [-0.15, -0.1) is 0 Å². The van der Waals surface area contributed by atoms with Crippen LogP contribution >= 0.6 is 0 Å². The Labute approximate surface area is 122 Å². The van der Waals surface area contributed by atoms with Gasteiger partial charge in [0, 0.05) is 19.4 Å². The molecule has 0 aromatic carbocycles. The molecule has 0 radical (unpaired) electrons. The van der Waals surface area contributed by atoms with Gasteiger partial charge in [-0.05, 0) is 36.6 Å². The molecule has 3 rings (SSSR count). The second-order valence-electron chi connectivity index (χ2n) is 5.05. The normalized spacial score (nSPS) is 10.8. The Morgan fingerprint density at radius 1 is 1.24 bits per heavy atom. The monoisotopic (exact) mass is 277 g/mol. The van der Waals surface area contributed by atoms with E-state index in [-0.39, 0.29) is 0 Å². The molecule has 0 aliphatic carbocycles. The maximum Gasteiger partial charge on any atom is 0.161 e. The molecule has 104 valence electrons. The molecule has 0 N–H and O–H groups in total. The predicted octanol–water partition coefficient (Wildman–Crippen LogP) is 2.77. The number of aryl methyl sites for hydroxylation is 3. The van der Waals surface area contributed by atoms with Crippen molar-refractivity contribution in [2.75, 3.05) is 0 Å². The predicted molar refractivity (Wildman–Crippen MR) is 80.6 cm³/mol. The fourth-order valence-electron chi connectivity index (χ4n) is 2.43. The molecule has 3 aromatic heterocycles. The third-order valence-electron chi connectivity index (χ3n) is 3.53. The van der Waals surface area contributed by atoms with E-state index in [0.29, 0.717) is 5.56 Å². The lowest BCUT2D eigenvalue weighted by Crippen LogP contribution is -2.00. The van der Waals surface area contributed by atoms with E-state index in [2.05, 4.69) is 21.0 Å². The van der Waals surface area contributed by atoms with Gasteiger partial charge in [0.1, 0.15) is 17.3 Å². The summed E-state index contributed by atoms with van der Waals surface area (Å²) >= 11 is 0. The fourth-order valence-corrected chi connectivity index (χ4v) is 2.43. The molecule has 0 aliphatic heterocycles. The van der Waals surface area contributed by atoms with Crippen molar-refractivity contribution >= 4 is 11.2 Å². The van der Waals surface area contributed by atoms with Gasteiger partial charge in [-0.25, -0.2) is 9.97 Å². The molecular weight excluding hydrogens is 262 g/mol. The third-order valence-corrected chi connectivity index (χ3v) is 3.53. The first kappa shape index (κ1) is 13.3. The molecule has 0 atom stereocenters. The third kappa shape index (κ3) is 2.15. The molecule has 21 heavy (non-hydrogen) atoms. The number of fused-ring (bicyclic) bond motifs is 1. The van der Waals surface area contributed by atoms with Gasteiger partial charge in [0.05, 0.1) is 5.56 Å². The lowest BCUT2D eigenvalue weighted by Gasteiger charge is -2.07. The van der Waals surface area contributed by atoms with Gasteiger partial charge < -0.3 is 4.57 Å². The number of aromatic nitrogens is 4. The molecule has 0 fully saturated rings. The summed E-state index contributed by atoms with van der Waals surface area (Å²) in [6.45, 7) is 4.05. The molecule has 5 heteroatoms. The first-order chi connectivity index (χ1) is 10.1. The van der Waals surface area contributed by atoms with Gasteiger partial charge in [0.2, 0.25) is 0 Å². The summed E-state index contributed by atoms with van der Waals surface area (Å²) < 4.78 is 1.95. The van der Waals surface area contributed by atoms with E-state index in [1.54, 1.807) is 6.20 Å². The molecule has 0 bridgehead atoms. The second-order valence-corrected chi connectivity index (χ2v) is 5.05. The average Bonchev–Trinajstić information content (AvgIpc) is 2.82. The Balaban J connectivity index is 2.25. The van der Waals surface area contributed by atoms with E-state index >= 15 is 0 Å². The number of nitriles is 1. The van der Waals surface area contributed by atoms with Crippen LogP contribution in [0.3, 0.4) is 0 Å². The zero-order valence-corrected chi connectivity index (χ0v) is 12.3. The number of rotatable bonds is 2. The molecule has 0 unspecified atom stereocenters. The van der Waals surface area contributed by atoms with Crippen molar-refractivity contribution in [3.05, 3.63) is 41.2 Å². The average molecular weight is 277 g/mol. The highest BCUT2D eigenvalue weighted by atomic mass is 15.1. The maximum atomic E-state index is 9.00. The highest BCUT2D eigenvalue weighted by Gasteiger charge is 2.15. The lowest BCUT2D eigenvalue weighted by molar-refractivity contribution is 0.926. The van der Waals surface area contributed by atoms with Crippen LogP contribution in [0.5, 0.6) is 0 Å². The molecular formula is C16H15N5. The van der Waals surface area contributed by atoms with Crippen LogP contribution in [0.1, 0.15) is 23.6 Å². The molecule has 5 nitrogen and oxygen atoms in total. The molecule has 0 spiro atoms. The number of imidazole rings is 1. The number of hydrogen-bond acceptors (Lipinski definition) is 4. The summed E-state index contributed by atoms with van der Waals surface area (Å²) in [4.78, 5) is 13.5. The minimum absolute atomic E-state index is 0.573. The van der Waals surface area contributed by atoms with E-state index < -0.39 is 0 Å². The highest BCUT2D eigenvalue weighted by molar-refractivity contribution is 5.77. The molecule has 0 saturated carbocycles. The summed E-state index contributed by atoms with van der Waals surface area (Å²) in [5.74, 6) is 0.782. The van der Waals surface area contributed by atoms with Crippen molar-refractivity contribution in [3.8, 4) is 17.6 Å². The van der Waals surface area contributed by atoms with E-state index in [4.69, 9.17) is 5.26 Å². The largest absolute Gasteiger partial charge is 0.311 e. The standard InChI is InChI=1S/C16H15N5/c1-4-12-6-11(7-17)9-18-14(12)16-20-13-5-10(2)8-19-15(13)21(16)3/h5-6,8-9H,4H2,1-3H3. The van der Waals surface area contributed by atoms with Crippen LogP contribution in [-0.2, 0) is 13.5 Å². The van der Waals surface area contributed by atoms with Crippen molar-refractivity contribution in [2.45, 2.75) is 20.3 Å². The number of pyridine rings is 2. The van der Waals surface area contributed by atoms with E-state index in [1.165, 1.54) is 0 Å². The Morgan fingerprint density at radius 2 is 2.05 bits per heavy atom. The van der Waals surface area contributed by atoms with Crippen LogP contribution in [0.15, 0.2) is 24.5 Å². The van der Waals surface area contributed by atoms with Crippen molar-refractivity contribution < 1.29 is 0 Å². The molecule has 0 aliphatic rings. The molecule has 0 amide bonds. The van der Waals surface area contributed by atoms with Crippen LogP contribution in [0.4, 0.5) is 0 Å². The van der Waals surface area contributed by atoms with Gasteiger partial charge in [-0.1, -0.05) is 6.92 Å². The van der Waals surface area contributed by atoms with Crippen LogP contribution in [0.2, 0.25) is 0 Å². The minimum atomic E-state index is 0.573. The minimum Gasteiger partial charge on any atom is -0.311 e. The maximum absolute atomic E-state index is 9.00. The number of nitrogens with zero attached hydrogens (tertiary/aromatic N) is 5. The highest BCUT2D eigenvalue weighted by Crippen LogP contribution is 2.25. The summed E-state index contributed by atoms with van der Waals surface area (Å²) in [6.07, 6.45) is 4.22. The van der Waals surface area contributed by atoms with E-state index in [9.17, 15) is 0 Å². The Kier molecular flexibility index (Phi) is 3.15. The Morgan fingerprint density at radius 3 is 2.76 bits per heavy atom. The van der Waals surface area contributed by atoms with Crippen LogP contribution in [0, 0.1) is 18.3 Å². The van der Waals surface area contributed by atoms with Crippen molar-refractivity contribution in [1.29, 1.82) is 5.26 Å². The summed E-state index contributed by atoms with van der Waals surface area (Å²) in [5, 5.41) is 9.00. The SMILES string of the molecule is CCc1cc(C#N)cnc1-c1nc2cc(C)cnc2n1C. The first-order valence-electron chi connectivity index (χ1n) is 6.82. The smallest absolute Gasteiger partial charge is 0.161 e. The lowest BCUT2D eigenvalue weighted by atomic mass is 10.1. The van der Waals surface area contributed by atoms with Gasteiger partial charge >= 0.3 is 0 Å². The summed E-state index contributed by atoms with van der Waals surface area (Å²) in [6, 6.07) is 6.02. The first-order valence-corrected chi connectivity index (χ1v) is 6.82. The molecule has 3 heterocycles. The topological polar surface area (TPSA) is 67.4 Å². The summed E-state index contributed by atoms with van der Waals surface area (Å²) in [7, 11) is 1.94. The zero-order valence-electron chi connectivity index (χ0n) is 12.3. The summed E-state index contributed by atoms with van der Waals surface area (Å²) in [5.41, 5.74) is 5.18. The van der Waals surface area contributed by atoms with E-state index in [1.807, 2.05) is 43.8 Å². The molecule has 0 saturated heterocycles. The van der Waals surface area contributed by atoms with Gasteiger partial charge in [0.25, 0.3) is 0 Å². The van der Waals surface area contributed by atoms with Gasteiger partial charge in [-0.2, -0.15) is 5.26 Å². The zero-order chi connectivity index (χ0) is 15.0. The second kappa shape index (κ2) is 4.98. The fraction of sp³-hybridized carbons (Fsp3) is 0.250. The van der Waals surface area contributed by atoms with E-state index in [0.717, 1.165) is 40.2 Å². The van der Waals surface area contributed by atoms with Crippen LogP contribution in [-0.4, -0.2) is 19.5 Å². The Bertz CT molecular complexity index is 870. The Hall–Kier alpha value is -2.74. The van der Waals surface area contributed by atoms with Crippen LogP contribution < -0.4 is 0 Å². The van der Waals surface area contributed by atoms with Crippen LogP contribution in [0.25, 0.3) is 22.7 Å². The van der Waals surface area contributed by atoms with Crippen molar-refractivity contribution in [3.63, 3.8) is 0 Å². The van der Waals surface area contributed by atoms with Gasteiger partial charge in [-0.3, -0.25) is 4.98 Å². The van der Waals surface area contributed by atoms with Crippen molar-refractivity contribution in [2.24, 2.45) is 7.05 Å². The molecule has 3 aromatic rings. The van der Waals surface area contributed by atoms with Gasteiger partial charge in [0.15, 0.2) is 11.5 Å². The quantitative estimate of drug-likeness (QED) is 0.722.